The molecule has 0 fully saturated rings. The molecule has 12 heteroatoms. The second kappa shape index (κ2) is 45.6. The molecule has 0 aliphatic rings. The van der Waals surface area contributed by atoms with Crippen LogP contribution in [-0.4, -0.2) is 110 Å². The molecule has 12 nitrogen and oxygen atoms in total. The van der Waals surface area contributed by atoms with Gasteiger partial charge in [-0.25, -0.2) is 0 Å². The van der Waals surface area contributed by atoms with Crippen LogP contribution in [0.2, 0.25) is 0 Å². The summed E-state index contributed by atoms with van der Waals surface area (Å²) < 4.78 is 25.6. The average Bonchev–Trinajstić information content (AvgIpc) is 3.07. The van der Waals surface area contributed by atoms with Crippen LogP contribution in [0.15, 0.2) is 0 Å². The minimum absolute atomic E-state index is 0.0329. The van der Waals surface area contributed by atoms with Gasteiger partial charge in [-0.15, -0.1) is 0 Å². The molecule has 0 heterocycles. The average molecular weight is 695 g/mol. The van der Waals surface area contributed by atoms with Crippen LogP contribution in [0.4, 0.5) is 0 Å². The fraction of sp³-hybridized carbons (Fsp3) is 0.917. The van der Waals surface area contributed by atoms with Gasteiger partial charge in [0.25, 0.3) is 0 Å². The van der Waals surface area contributed by atoms with Gasteiger partial charge in [0.1, 0.15) is 19.0 Å². The number of nitrogens with two attached hydrogens (primary N) is 4. The highest BCUT2D eigenvalue weighted by atomic mass is 16.5. The fourth-order valence-corrected chi connectivity index (χ4v) is 3.47. The maximum atomic E-state index is 11.4. The van der Waals surface area contributed by atoms with Crippen molar-refractivity contribution >= 4 is 17.3 Å². The van der Waals surface area contributed by atoms with E-state index in [1.54, 1.807) is 0 Å². The van der Waals surface area contributed by atoms with Gasteiger partial charge in [0.15, 0.2) is 11.6 Å². The van der Waals surface area contributed by atoms with Crippen molar-refractivity contribution < 1.29 is 38.1 Å². The molecule has 0 radical (unpaired) electrons. The van der Waals surface area contributed by atoms with Crippen LogP contribution >= 0.6 is 0 Å². The standard InChI is InChI=1S/C15H31NO.C11H23NO4.C9H19NO3.CH5N/c1-14(2)15(17)12-10-8-6-4-3-5-7-9-11-13-16;1-10(2)11(13)9-16-8-7-15-6-5-14-4-3-12;1-8(2)9(11)7-13-6-5-12-4-3-10;1-2/h14H,3-13,16H2,1-2H3;10H,3-9,12H2,1-2H3;8H,3-7,10H2,1-2H3;2H2,1H3. The number of rotatable bonds is 31. The predicted molar refractivity (Wildman–Crippen MR) is 197 cm³/mol. The quantitative estimate of drug-likeness (QED) is 0.0759. The summed E-state index contributed by atoms with van der Waals surface area (Å²) in [5.41, 5.74) is 20.4. The number of hydrogen-bond donors (Lipinski definition) is 4. The molecule has 0 amide bonds. The Kier molecular flexibility index (Phi) is 50.8. The van der Waals surface area contributed by atoms with E-state index in [9.17, 15) is 14.4 Å². The molecule has 0 aromatic rings. The Balaban J connectivity index is -0.000000297. The highest BCUT2D eigenvalue weighted by Crippen LogP contribution is 2.11. The first-order chi connectivity index (χ1) is 23.0. The van der Waals surface area contributed by atoms with Crippen LogP contribution in [-0.2, 0) is 38.1 Å². The van der Waals surface area contributed by atoms with Gasteiger partial charge in [0, 0.05) is 37.3 Å². The molecule has 48 heavy (non-hydrogen) atoms. The minimum atomic E-state index is 0.0329. The van der Waals surface area contributed by atoms with Crippen molar-refractivity contribution in [2.24, 2.45) is 40.7 Å². The van der Waals surface area contributed by atoms with Gasteiger partial charge in [0.05, 0.1) is 52.9 Å². The Morgan fingerprint density at radius 3 is 1.00 bits per heavy atom. The Morgan fingerprint density at radius 2 is 0.688 bits per heavy atom. The van der Waals surface area contributed by atoms with Gasteiger partial charge in [0.2, 0.25) is 0 Å². The number of carbonyl (C=O) groups is 3. The lowest BCUT2D eigenvalue weighted by Gasteiger charge is -2.07. The molecule has 0 unspecified atom stereocenters. The minimum Gasteiger partial charge on any atom is -0.378 e. The van der Waals surface area contributed by atoms with Crippen molar-refractivity contribution in [2.75, 3.05) is 92.8 Å². The van der Waals surface area contributed by atoms with Crippen LogP contribution < -0.4 is 22.9 Å². The van der Waals surface area contributed by atoms with Crippen LogP contribution in [0.25, 0.3) is 0 Å². The van der Waals surface area contributed by atoms with E-state index in [4.69, 9.17) is 40.9 Å². The summed E-state index contributed by atoms with van der Waals surface area (Å²) in [6.07, 6.45) is 12.2. The summed E-state index contributed by atoms with van der Waals surface area (Å²) in [4.78, 5) is 33.6. The van der Waals surface area contributed by atoms with E-state index in [1.165, 1.54) is 58.4 Å². The van der Waals surface area contributed by atoms with Gasteiger partial charge in [-0.1, -0.05) is 86.5 Å². The highest BCUT2D eigenvalue weighted by molar-refractivity contribution is 5.81. The largest absolute Gasteiger partial charge is 0.378 e. The SMILES string of the molecule is CC(C)C(=O)CCCCCCCCCCCN.CC(C)C(=O)COCCOCCN.CC(C)C(=O)COCCOCCOCCN.CN. The third kappa shape index (κ3) is 49.0. The van der Waals surface area contributed by atoms with Crippen molar-refractivity contribution in [1.82, 2.24) is 0 Å². The van der Waals surface area contributed by atoms with E-state index in [2.05, 4.69) is 5.73 Å². The summed E-state index contributed by atoms with van der Waals surface area (Å²) in [6, 6.07) is 0. The summed E-state index contributed by atoms with van der Waals surface area (Å²) >= 11 is 0. The molecule has 0 bridgehead atoms. The third-order valence-corrected chi connectivity index (χ3v) is 6.69. The van der Waals surface area contributed by atoms with Crippen molar-refractivity contribution in [2.45, 2.75) is 106 Å². The highest BCUT2D eigenvalue weighted by Gasteiger charge is 2.07. The van der Waals surface area contributed by atoms with E-state index < -0.39 is 0 Å². The molecule has 0 aromatic carbocycles. The number of hydrogen-bond acceptors (Lipinski definition) is 12. The molecular formula is C36H78N4O8. The van der Waals surface area contributed by atoms with Gasteiger partial charge in [-0.2, -0.15) is 0 Å². The van der Waals surface area contributed by atoms with E-state index in [1.807, 2.05) is 41.5 Å². The van der Waals surface area contributed by atoms with Gasteiger partial charge < -0.3 is 46.6 Å². The molecule has 0 spiro atoms. The van der Waals surface area contributed by atoms with Crippen LogP contribution in [0, 0.1) is 17.8 Å². The van der Waals surface area contributed by atoms with Crippen molar-refractivity contribution in [1.29, 1.82) is 0 Å². The van der Waals surface area contributed by atoms with Crippen molar-refractivity contribution in [3.8, 4) is 0 Å². The predicted octanol–water partition coefficient (Wildman–Crippen LogP) is 4.07. The van der Waals surface area contributed by atoms with Crippen LogP contribution in [0.5, 0.6) is 0 Å². The number of unbranched alkanes of at least 4 members (excludes halogenated alkanes) is 8. The number of carbonyl (C=O) groups excluding carboxylic acids is 3. The Hall–Kier alpha value is -1.35. The summed E-state index contributed by atoms with van der Waals surface area (Å²) in [7, 11) is 1.50. The first-order valence-electron chi connectivity index (χ1n) is 18.2. The molecule has 8 N–H and O–H groups in total. The summed E-state index contributed by atoms with van der Waals surface area (Å²) in [6.45, 7) is 17.7. The van der Waals surface area contributed by atoms with Gasteiger partial charge in [-0.05, 0) is 26.4 Å². The Bertz CT molecular complexity index is 668. The summed E-state index contributed by atoms with van der Waals surface area (Å²) in [5.74, 6) is 0.963. The van der Waals surface area contributed by atoms with E-state index in [0.29, 0.717) is 71.7 Å². The second-order valence-corrected chi connectivity index (χ2v) is 12.1. The molecule has 0 saturated carbocycles. The molecule has 290 valence electrons. The molecular weight excluding hydrogens is 616 g/mol. The second-order valence-electron chi connectivity index (χ2n) is 12.1. The topological polar surface area (TPSA) is 201 Å². The zero-order valence-corrected chi connectivity index (χ0v) is 32.1. The van der Waals surface area contributed by atoms with E-state index in [0.717, 1.165) is 19.4 Å². The first kappa shape index (κ1) is 53.4. The zero-order chi connectivity index (χ0) is 37.3. The maximum absolute atomic E-state index is 11.4. The molecule has 0 atom stereocenters. The van der Waals surface area contributed by atoms with Crippen molar-refractivity contribution in [3.05, 3.63) is 0 Å². The fourth-order valence-electron chi connectivity index (χ4n) is 3.47. The van der Waals surface area contributed by atoms with E-state index in [-0.39, 0.29) is 42.5 Å². The molecule has 0 saturated heterocycles. The van der Waals surface area contributed by atoms with E-state index >= 15 is 0 Å². The van der Waals surface area contributed by atoms with Crippen LogP contribution in [0.3, 0.4) is 0 Å². The summed E-state index contributed by atoms with van der Waals surface area (Å²) in [5, 5.41) is 0. The van der Waals surface area contributed by atoms with Gasteiger partial charge >= 0.3 is 0 Å². The Labute approximate surface area is 294 Å². The number of ether oxygens (including phenoxy) is 5. The third-order valence-electron chi connectivity index (χ3n) is 6.69. The number of Topliss-reactive ketones (excluding diaryl/α,β-unsaturated/α-hetero) is 3. The molecule has 0 aromatic heterocycles. The zero-order valence-electron chi connectivity index (χ0n) is 32.1. The lowest BCUT2D eigenvalue weighted by Crippen LogP contribution is -2.17. The molecule has 0 aliphatic carbocycles. The smallest absolute Gasteiger partial charge is 0.160 e. The van der Waals surface area contributed by atoms with Gasteiger partial charge in [-0.3, -0.25) is 14.4 Å². The lowest BCUT2D eigenvalue weighted by atomic mass is 10.0. The molecule has 0 aliphatic heterocycles. The first-order valence-corrected chi connectivity index (χ1v) is 18.2. The Morgan fingerprint density at radius 1 is 0.396 bits per heavy atom. The normalized spacial score (nSPS) is 10.6. The van der Waals surface area contributed by atoms with Crippen molar-refractivity contribution in [3.63, 3.8) is 0 Å². The number of ketones is 3. The maximum Gasteiger partial charge on any atom is 0.160 e. The van der Waals surface area contributed by atoms with Crippen LogP contribution in [0.1, 0.15) is 106 Å². The lowest BCUT2D eigenvalue weighted by molar-refractivity contribution is -0.127. The monoisotopic (exact) mass is 695 g/mol. The molecule has 0 rings (SSSR count).